The van der Waals surface area contributed by atoms with Crippen LogP contribution in [0.4, 0.5) is 0 Å². The molecule has 1 saturated heterocycles. The number of piperidine rings is 1. The fourth-order valence-corrected chi connectivity index (χ4v) is 3.68. The third-order valence-electron chi connectivity index (χ3n) is 5.07. The lowest BCUT2D eigenvalue weighted by Gasteiger charge is -2.36. The number of phenolic OH excluding ortho intramolecular Hbond substituents is 1. The van der Waals surface area contributed by atoms with Gasteiger partial charge in [0, 0.05) is 12.6 Å². The van der Waals surface area contributed by atoms with E-state index in [0.717, 1.165) is 31.4 Å². The Bertz CT molecular complexity index is 711. The number of hydrogen-bond donors (Lipinski definition) is 2. The minimum atomic E-state index is -0.853. The number of carboxylic acid groups (broad SMARTS) is 1. The van der Waals surface area contributed by atoms with Crippen molar-refractivity contribution in [3.05, 3.63) is 65.2 Å². The number of carbonyl (C=O) groups is 1. The predicted molar refractivity (Wildman–Crippen MR) is 97.9 cm³/mol. The van der Waals surface area contributed by atoms with Crippen LogP contribution < -0.4 is 0 Å². The molecule has 0 amide bonds. The third-order valence-corrected chi connectivity index (χ3v) is 5.07. The zero-order valence-electron chi connectivity index (χ0n) is 14.4. The standard InChI is InChI=1S/C21H25NO3/c23-19-12-9-16(10-13-19)8-11-18-6-3-4-14-22(18)15-17-5-1-2-7-20(17)21(24)25/h1-2,5,7,9-10,12-13,18,23H,3-4,6,8,11,14-15H2,(H,24,25). The Labute approximate surface area is 148 Å². The number of phenols is 1. The Morgan fingerprint density at radius 1 is 1.08 bits per heavy atom. The van der Waals surface area contributed by atoms with Crippen molar-refractivity contribution in [2.75, 3.05) is 6.54 Å². The van der Waals surface area contributed by atoms with Crippen LogP contribution in [0, 0.1) is 0 Å². The van der Waals surface area contributed by atoms with E-state index in [0.29, 0.717) is 23.9 Å². The molecule has 0 saturated carbocycles. The van der Waals surface area contributed by atoms with Gasteiger partial charge in [-0.05, 0) is 61.6 Å². The molecule has 0 radical (unpaired) electrons. The van der Waals surface area contributed by atoms with Crippen LogP contribution in [0.1, 0.15) is 47.2 Å². The van der Waals surface area contributed by atoms with Crippen molar-refractivity contribution in [1.29, 1.82) is 0 Å². The van der Waals surface area contributed by atoms with E-state index in [4.69, 9.17) is 0 Å². The maximum Gasteiger partial charge on any atom is 0.336 e. The highest BCUT2D eigenvalue weighted by molar-refractivity contribution is 5.89. The molecule has 1 unspecified atom stereocenters. The van der Waals surface area contributed by atoms with E-state index in [1.165, 1.54) is 18.4 Å². The SMILES string of the molecule is O=C(O)c1ccccc1CN1CCCCC1CCc1ccc(O)cc1. The van der Waals surface area contributed by atoms with E-state index in [-0.39, 0.29) is 0 Å². The van der Waals surface area contributed by atoms with Crippen LogP contribution in [0.5, 0.6) is 5.75 Å². The first-order chi connectivity index (χ1) is 12.1. The van der Waals surface area contributed by atoms with Gasteiger partial charge in [-0.25, -0.2) is 4.79 Å². The highest BCUT2D eigenvalue weighted by Crippen LogP contribution is 2.25. The van der Waals surface area contributed by atoms with Gasteiger partial charge in [0.05, 0.1) is 5.56 Å². The molecule has 132 valence electrons. The molecule has 0 aliphatic carbocycles. The smallest absolute Gasteiger partial charge is 0.336 e. The van der Waals surface area contributed by atoms with E-state index in [2.05, 4.69) is 4.90 Å². The molecule has 0 bridgehead atoms. The fraction of sp³-hybridized carbons (Fsp3) is 0.381. The molecule has 0 spiro atoms. The second-order valence-electron chi connectivity index (χ2n) is 6.79. The van der Waals surface area contributed by atoms with Gasteiger partial charge in [0.25, 0.3) is 0 Å². The number of aryl methyl sites for hydroxylation is 1. The molecule has 1 aliphatic heterocycles. The van der Waals surface area contributed by atoms with Crippen LogP contribution in [0.2, 0.25) is 0 Å². The lowest BCUT2D eigenvalue weighted by molar-refractivity contribution is 0.0692. The summed E-state index contributed by atoms with van der Waals surface area (Å²) in [6.45, 7) is 1.72. The van der Waals surface area contributed by atoms with Crippen LogP contribution in [0.25, 0.3) is 0 Å². The van der Waals surface area contributed by atoms with E-state index in [9.17, 15) is 15.0 Å². The molecule has 0 aromatic heterocycles. The van der Waals surface area contributed by atoms with Crippen LogP contribution in [-0.4, -0.2) is 33.7 Å². The Morgan fingerprint density at radius 2 is 1.84 bits per heavy atom. The van der Waals surface area contributed by atoms with Crippen molar-refractivity contribution in [3.8, 4) is 5.75 Å². The monoisotopic (exact) mass is 339 g/mol. The molecule has 4 nitrogen and oxygen atoms in total. The molecule has 2 N–H and O–H groups in total. The van der Waals surface area contributed by atoms with Crippen molar-refractivity contribution >= 4 is 5.97 Å². The molecule has 1 fully saturated rings. The van der Waals surface area contributed by atoms with Crippen molar-refractivity contribution in [2.45, 2.75) is 44.7 Å². The van der Waals surface area contributed by atoms with Gasteiger partial charge in [0.15, 0.2) is 0 Å². The number of nitrogens with zero attached hydrogens (tertiary/aromatic N) is 1. The molecule has 2 aromatic carbocycles. The average molecular weight is 339 g/mol. The van der Waals surface area contributed by atoms with E-state index < -0.39 is 5.97 Å². The second kappa shape index (κ2) is 8.17. The number of benzene rings is 2. The van der Waals surface area contributed by atoms with Crippen LogP contribution in [-0.2, 0) is 13.0 Å². The number of hydrogen-bond acceptors (Lipinski definition) is 3. The summed E-state index contributed by atoms with van der Waals surface area (Å²) in [7, 11) is 0. The average Bonchev–Trinajstić information content (AvgIpc) is 2.62. The zero-order chi connectivity index (χ0) is 17.6. The van der Waals surface area contributed by atoms with Gasteiger partial charge in [-0.3, -0.25) is 4.90 Å². The summed E-state index contributed by atoms with van der Waals surface area (Å²) in [5.74, 6) is -0.554. The maximum absolute atomic E-state index is 11.4. The Kier molecular flexibility index (Phi) is 5.71. The summed E-state index contributed by atoms with van der Waals surface area (Å²) in [5.41, 5.74) is 2.53. The van der Waals surface area contributed by atoms with E-state index in [1.807, 2.05) is 24.3 Å². The first-order valence-corrected chi connectivity index (χ1v) is 8.96. The lowest BCUT2D eigenvalue weighted by atomic mass is 9.94. The first-order valence-electron chi connectivity index (χ1n) is 8.96. The summed E-state index contributed by atoms with van der Waals surface area (Å²) >= 11 is 0. The van der Waals surface area contributed by atoms with Crippen molar-refractivity contribution < 1.29 is 15.0 Å². The maximum atomic E-state index is 11.4. The molecule has 25 heavy (non-hydrogen) atoms. The largest absolute Gasteiger partial charge is 0.508 e. The van der Waals surface area contributed by atoms with Gasteiger partial charge in [-0.1, -0.05) is 36.8 Å². The number of rotatable bonds is 6. The predicted octanol–water partition coefficient (Wildman–Crippen LogP) is 4.08. The van der Waals surface area contributed by atoms with Crippen molar-refractivity contribution in [2.24, 2.45) is 0 Å². The number of aromatic hydroxyl groups is 1. The quantitative estimate of drug-likeness (QED) is 0.832. The highest BCUT2D eigenvalue weighted by Gasteiger charge is 2.23. The lowest BCUT2D eigenvalue weighted by Crippen LogP contribution is -2.39. The zero-order valence-corrected chi connectivity index (χ0v) is 14.4. The van der Waals surface area contributed by atoms with Crippen LogP contribution in [0.15, 0.2) is 48.5 Å². The van der Waals surface area contributed by atoms with E-state index in [1.54, 1.807) is 24.3 Å². The molecule has 1 heterocycles. The number of likely N-dealkylation sites (tertiary alicyclic amines) is 1. The van der Waals surface area contributed by atoms with Crippen molar-refractivity contribution in [3.63, 3.8) is 0 Å². The summed E-state index contributed by atoms with van der Waals surface area (Å²) in [5, 5.41) is 18.8. The molecular formula is C21H25NO3. The Hall–Kier alpha value is -2.33. The fourth-order valence-electron chi connectivity index (χ4n) is 3.68. The van der Waals surface area contributed by atoms with Gasteiger partial charge in [-0.15, -0.1) is 0 Å². The van der Waals surface area contributed by atoms with Crippen LogP contribution >= 0.6 is 0 Å². The van der Waals surface area contributed by atoms with Crippen LogP contribution in [0.3, 0.4) is 0 Å². The summed E-state index contributed by atoms with van der Waals surface area (Å²) in [6.07, 6.45) is 5.59. The van der Waals surface area contributed by atoms with Gasteiger partial charge in [0.1, 0.15) is 5.75 Å². The number of carboxylic acids is 1. The molecule has 4 heteroatoms. The normalized spacial score (nSPS) is 18.2. The van der Waals surface area contributed by atoms with Gasteiger partial charge in [-0.2, -0.15) is 0 Å². The minimum Gasteiger partial charge on any atom is -0.508 e. The van der Waals surface area contributed by atoms with E-state index >= 15 is 0 Å². The Morgan fingerprint density at radius 3 is 2.60 bits per heavy atom. The van der Waals surface area contributed by atoms with Crippen molar-refractivity contribution in [1.82, 2.24) is 4.90 Å². The molecule has 2 aromatic rings. The number of aromatic carboxylic acids is 1. The summed E-state index contributed by atoms with van der Waals surface area (Å²) in [6, 6.07) is 15.2. The molecule has 3 rings (SSSR count). The van der Waals surface area contributed by atoms with Gasteiger partial charge < -0.3 is 10.2 Å². The Balaban J connectivity index is 1.67. The topological polar surface area (TPSA) is 60.8 Å². The molecular weight excluding hydrogens is 314 g/mol. The summed E-state index contributed by atoms with van der Waals surface area (Å²) < 4.78 is 0. The third kappa shape index (κ3) is 4.60. The molecule has 1 atom stereocenters. The molecule has 1 aliphatic rings. The highest BCUT2D eigenvalue weighted by atomic mass is 16.4. The van der Waals surface area contributed by atoms with Gasteiger partial charge >= 0.3 is 5.97 Å². The first kappa shape index (κ1) is 17.5. The minimum absolute atomic E-state index is 0.299. The van der Waals surface area contributed by atoms with Gasteiger partial charge in [0.2, 0.25) is 0 Å². The second-order valence-corrected chi connectivity index (χ2v) is 6.79. The summed E-state index contributed by atoms with van der Waals surface area (Å²) in [4.78, 5) is 13.9.